The first-order valence-corrected chi connectivity index (χ1v) is 12.6. The molecule has 0 radical (unpaired) electrons. The Morgan fingerprint density at radius 3 is 1.59 bits per heavy atom. The van der Waals surface area contributed by atoms with Crippen LogP contribution >= 0.6 is 24.0 Å². The van der Waals surface area contributed by atoms with E-state index in [9.17, 15) is 0 Å². The molecule has 0 amide bonds. The van der Waals surface area contributed by atoms with E-state index in [4.69, 9.17) is 31.5 Å². The topological polar surface area (TPSA) is 140 Å². The summed E-state index contributed by atoms with van der Waals surface area (Å²) in [6.45, 7) is 8.79. The predicted octanol–water partition coefficient (Wildman–Crippen LogP) is -0.205. The zero-order valence-corrected chi connectivity index (χ0v) is 33.3. The van der Waals surface area contributed by atoms with Gasteiger partial charge in [0, 0.05) is 62.5 Å². The molecule has 0 fully saturated rings. The van der Waals surface area contributed by atoms with E-state index in [0.717, 1.165) is 41.0 Å². The maximum atomic E-state index is 8.64. The van der Waals surface area contributed by atoms with Crippen molar-refractivity contribution in [3.8, 4) is 22.8 Å². The number of ether oxygens (including phenoxy) is 1. The number of carbonyl (C=O) groups is 1. The Bertz CT molecular complexity index is 1250. The number of aliphatic hydroxyl groups is 1. The first kappa shape index (κ1) is 53.4. The third-order valence-corrected chi connectivity index (χ3v) is 5.36. The summed E-state index contributed by atoms with van der Waals surface area (Å²) in [7, 11) is 2.69. The average Bonchev–Trinajstić information content (AvgIpc) is 3.66. The van der Waals surface area contributed by atoms with E-state index in [2.05, 4.69) is 52.7 Å². The van der Waals surface area contributed by atoms with Gasteiger partial charge in [0.05, 0.1) is 29.4 Å². The zero-order chi connectivity index (χ0) is 29.2. The van der Waals surface area contributed by atoms with Crippen molar-refractivity contribution >= 4 is 30.5 Å². The normalized spacial score (nSPS) is 8.89. The van der Waals surface area contributed by atoms with Gasteiger partial charge in [0.15, 0.2) is 0 Å². The summed E-state index contributed by atoms with van der Waals surface area (Å²) in [6, 6.07) is 12.4. The fourth-order valence-electron chi connectivity index (χ4n) is 3.54. The van der Waals surface area contributed by atoms with Crippen LogP contribution in [0.3, 0.4) is 0 Å². The van der Waals surface area contributed by atoms with Crippen LogP contribution < -0.4 is 108 Å². The van der Waals surface area contributed by atoms with Gasteiger partial charge in [0.25, 0.3) is 6.47 Å². The van der Waals surface area contributed by atoms with Gasteiger partial charge < -0.3 is 21.4 Å². The largest absolute Gasteiger partial charge is 1.00 e. The van der Waals surface area contributed by atoms with Crippen molar-refractivity contribution in [1.82, 2.24) is 29.5 Å². The standard InChI is InChI=1S/C13H17N3O.C12H14ClN3.CH2O3.CH4O.2CH4.ClH.2K.H/c1-10(2)16-12(6-8-15-16)13-11(9-17-3)5-4-7-14-13;1-9(2)16-11(5-7-15-16)12-10(8-13)4-3-6-14-12;2-1-4-3;1-2;;;;;;/h4-8,10H,9H2,1-3H3;3-7,9H,8H2,1-2H3;1,3H;2H,1H3;2*1H4;1H;;;/q;;;;;;;2*+1;-1/p-1. The van der Waals surface area contributed by atoms with E-state index in [1.165, 1.54) is 0 Å². The van der Waals surface area contributed by atoms with Gasteiger partial charge in [-0.3, -0.25) is 24.1 Å². The minimum atomic E-state index is -0.181. The Morgan fingerprint density at radius 1 is 0.864 bits per heavy atom. The molecule has 0 aliphatic rings. The van der Waals surface area contributed by atoms with Crippen molar-refractivity contribution in [2.75, 3.05) is 14.2 Å². The number of aromatic nitrogens is 6. The van der Waals surface area contributed by atoms with Gasteiger partial charge in [-0.2, -0.15) is 10.2 Å². The number of hydrogen-bond acceptors (Lipinski definition) is 9. The second kappa shape index (κ2) is 31.5. The number of pyridine rings is 2. The molecule has 44 heavy (non-hydrogen) atoms. The monoisotopic (exact) mass is 706 g/mol. The summed E-state index contributed by atoms with van der Waals surface area (Å²) in [5, 5.41) is 24.1. The molecule has 238 valence electrons. The van der Waals surface area contributed by atoms with Gasteiger partial charge in [0.2, 0.25) is 0 Å². The Hall–Kier alpha value is -0.0773. The van der Waals surface area contributed by atoms with Gasteiger partial charge in [-0.1, -0.05) is 27.0 Å². The number of rotatable bonds is 8. The van der Waals surface area contributed by atoms with Gasteiger partial charge in [0.1, 0.15) is 0 Å². The summed E-state index contributed by atoms with van der Waals surface area (Å²) in [5.74, 6) is 0.465. The van der Waals surface area contributed by atoms with Crippen molar-refractivity contribution in [3.63, 3.8) is 0 Å². The maximum absolute atomic E-state index is 8.64. The predicted molar refractivity (Wildman–Crippen MR) is 169 cm³/mol. The van der Waals surface area contributed by atoms with Crippen molar-refractivity contribution in [2.24, 2.45) is 0 Å². The molecule has 0 aliphatic carbocycles. The molecule has 0 spiro atoms. The van der Waals surface area contributed by atoms with Crippen LogP contribution in [0.25, 0.3) is 22.8 Å². The Kier molecular flexibility index (Phi) is 38.3. The molecule has 1 N–H and O–H groups in total. The third-order valence-electron chi connectivity index (χ3n) is 5.07. The number of methoxy groups -OCH3 is 1. The Morgan fingerprint density at radius 2 is 1.25 bits per heavy atom. The van der Waals surface area contributed by atoms with Crippen LogP contribution in [0.4, 0.5) is 0 Å². The molecule has 11 nitrogen and oxygen atoms in total. The SMILES string of the molecule is C.C.CC(C)n1nccc1-c1ncccc1CCl.CO.COCc1cccnc1-c1ccnn1C(C)C.Cl.O=CO[O-].[H-].[K+].[K+]. The summed E-state index contributed by atoms with van der Waals surface area (Å²) < 4.78 is 9.13. The number of nitrogens with zero attached hydrogens (tertiary/aromatic N) is 6. The van der Waals surface area contributed by atoms with Crippen molar-refractivity contribution < 1.29 is 129 Å². The molecule has 0 bridgehead atoms. The summed E-state index contributed by atoms with van der Waals surface area (Å²) in [5.41, 5.74) is 6.03. The smallest absolute Gasteiger partial charge is 1.00 e. The van der Waals surface area contributed by atoms with E-state index < -0.39 is 0 Å². The summed E-state index contributed by atoms with van der Waals surface area (Å²) in [4.78, 5) is 20.1. The van der Waals surface area contributed by atoms with Crippen LogP contribution in [-0.4, -0.2) is 55.3 Å². The second-order valence-corrected chi connectivity index (χ2v) is 8.56. The molecular formula is C29H46Cl2K2N6O5. The molecule has 0 aromatic carbocycles. The van der Waals surface area contributed by atoms with Gasteiger partial charge in [-0.15, -0.1) is 24.0 Å². The zero-order valence-electron chi connectivity index (χ0n) is 26.5. The van der Waals surface area contributed by atoms with Crippen molar-refractivity contribution in [1.29, 1.82) is 0 Å². The van der Waals surface area contributed by atoms with Crippen LogP contribution in [-0.2, 0) is 26.9 Å². The van der Waals surface area contributed by atoms with E-state index in [1.807, 2.05) is 45.8 Å². The summed E-state index contributed by atoms with van der Waals surface area (Å²) in [6.07, 6.45) is 7.18. The second-order valence-electron chi connectivity index (χ2n) is 8.29. The van der Waals surface area contributed by atoms with E-state index in [-0.39, 0.29) is 138 Å². The van der Waals surface area contributed by atoms with Crippen molar-refractivity contribution in [3.05, 3.63) is 72.3 Å². The molecule has 4 rings (SSSR count). The minimum absolute atomic E-state index is 0. The average molecular weight is 708 g/mol. The van der Waals surface area contributed by atoms with Gasteiger partial charge in [-0.25, -0.2) is 0 Å². The number of alkyl halides is 1. The van der Waals surface area contributed by atoms with E-state index in [0.29, 0.717) is 24.6 Å². The summed E-state index contributed by atoms with van der Waals surface area (Å²) >= 11 is 5.91. The molecule has 4 heterocycles. The minimum Gasteiger partial charge on any atom is -1.00 e. The van der Waals surface area contributed by atoms with Crippen LogP contribution in [0.5, 0.6) is 0 Å². The van der Waals surface area contributed by atoms with Crippen LogP contribution in [0.1, 0.15) is 67.2 Å². The fourth-order valence-corrected chi connectivity index (χ4v) is 3.76. The number of halogens is 2. The van der Waals surface area contributed by atoms with Crippen LogP contribution in [0.2, 0.25) is 0 Å². The maximum Gasteiger partial charge on any atom is 1.00 e. The van der Waals surface area contributed by atoms with Crippen molar-refractivity contribution in [2.45, 2.75) is 67.1 Å². The fraction of sp³-hybridized carbons (Fsp3) is 0.414. The molecule has 0 unspecified atom stereocenters. The quantitative estimate of drug-likeness (QED) is 0.0867. The third kappa shape index (κ3) is 17.2. The van der Waals surface area contributed by atoms with Gasteiger partial charge in [-0.05, 0) is 57.5 Å². The molecule has 4 aromatic heterocycles. The molecular weight excluding hydrogens is 661 g/mol. The van der Waals surface area contributed by atoms with Crippen LogP contribution in [0.15, 0.2) is 61.2 Å². The molecule has 0 saturated heterocycles. The molecule has 0 saturated carbocycles. The Labute approximate surface area is 360 Å². The molecule has 4 aromatic rings. The van der Waals surface area contributed by atoms with E-state index in [1.54, 1.807) is 31.9 Å². The first-order valence-electron chi connectivity index (χ1n) is 12.1. The number of aliphatic hydroxyl groups excluding tert-OH is 1. The number of carbonyl (C=O) groups excluding carboxylic acids is 1. The molecule has 15 heteroatoms. The van der Waals surface area contributed by atoms with Crippen LogP contribution in [0, 0.1) is 0 Å². The molecule has 0 aliphatic heterocycles. The Balaban J connectivity index is -0.000000129. The molecule has 0 atom stereocenters. The van der Waals surface area contributed by atoms with E-state index >= 15 is 0 Å². The first-order chi connectivity index (χ1) is 18.9. The van der Waals surface area contributed by atoms with Gasteiger partial charge >= 0.3 is 103 Å². The number of hydrogen-bond donors (Lipinski definition) is 1.